The van der Waals surface area contributed by atoms with E-state index in [1.165, 1.54) is 18.4 Å². The first-order chi connectivity index (χ1) is 10.2. The summed E-state index contributed by atoms with van der Waals surface area (Å²) in [5.74, 6) is -0.474. The van der Waals surface area contributed by atoms with Crippen molar-refractivity contribution in [1.82, 2.24) is 4.98 Å². The number of amides is 1. The van der Waals surface area contributed by atoms with Crippen LogP contribution in [0.4, 0.5) is 5.13 Å². The topological polar surface area (TPSA) is 86.8 Å². The highest BCUT2D eigenvalue weighted by atomic mass is 32.1. The van der Waals surface area contributed by atoms with Gasteiger partial charge in [-0.2, -0.15) is 0 Å². The monoisotopic (exact) mass is 314 g/mol. The maximum Gasteiger partial charge on any atom is 0.305 e. The van der Waals surface area contributed by atoms with E-state index in [0.717, 1.165) is 5.69 Å². The van der Waals surface area contributed by atoms with Crippen LogP contribution in [0, 0.1) is 0 Å². The van der Waals surface area contributed by atoms with Crippen LogP contribution in [0.5, 0.6) is 0 Å². The third kappa shape index (κ3) is 5.07. The molecule has 2 heterocycles. The number of nitrogens with one attached hydrogen (secondary N) is 1. The van der Waals surface area contributed by atoms with Crippen LogP contribution < -0.4 is 5.32 Å². The van der Waals surface area contributed by atoms with Gasteiger partial charge >= 0.3 is 5.97 Å². The largest absolute Gasteiger partial charge is 0.469 e. The second kappa shape index (κ2) is 8.06. The first kappa shape index (κ1) is 15.9. The van der Waals surface area contributed by atoms with Crippen molar-refractivity contribution in [3.05, 3.63) is 11.1 Å². The van der Waals surface area contributed by atoms with Crippen molar-refractivity contribution in [2.24, 2.45) is 0 Å². The van der Waals surface area contributed by atoms with Crippen LogP contribution in [0.1, 0.15) is 18.5 Å². The van der Waals surface area contributed by atoms with Gasteiger partial charge in [0.15, 0.2) is 11.2 Å². The summed E-state index contributed by atoms with van der Waals surface area (Å²) in [7, 11) is 1.37. The van der Waals surface area contributed by atoms with E-state index in [4.69, 9.17) is 9.47 Å². The Hall–Kier alpha value is -1.51. The molecule has 21 heavy (non-hydrogen) atoms. The van der Waals surface area contributed by atoms with Crippen LogP contribution in [-0.4, -0.2) is 49.9 Å². The van der Waals surface area contributed by atoms with Crippen molar-refractivity contribution < 1.29 is 23.8 Å². The van der Waals surface area contributed by atoms with E-state index in [1.54, 1.807) is 0 Å². The minimum atomic E-state index is -0.578. The summed E-state index contributed by atoms with van der Waals surface area (Å²) in [4.78, 5) is 27.2. The van der Waals surface area contributed by atoms with Crippen LogP contribution in [0.2, 0.25) is 0 Å². The Kier molecular flexibility index (Phi) is 6.09. The molecule has 8 heteroatoms. The highest BCUT2D eigenvalue weighted by Gasteiger charge is 2.23. The summed E-state index contributed by atoms with van der Waals surface area (Å²) in [5, 5.41) is 5.11. The van der Waals surface area contributed by atoms with E-state index in [9.17, 15) is 9.59 Å². The molecule has 1 aromatic heterocycles. The van der Waals surface area contributed by atoms with Crippen molar-refractivity contribution >= 4 is 28.3 Å². The molecule has 0 radical (unpaired) electrons. The van der Waals surface area contributed by atoms with Gasteiger partial charge < -0.3 is 14.2 Å². The lowest BCUT2D eigenvalue weighted by atomic mass is 10.2. The van der Waals surface area contributed by atoms with Crippen LogP contribution in [0.25, 0.3) is 0 Å². The molecule has 1 unspecified atom stereocenters. The number of hydrogen-bond acceptors (Lipinski definition) is 7. The number of ether oxygens (including phenoxy) is 3. The molecule has 1 atom stereocenters. The fourth-order valence-electron chi connectivity index (χ4n) is 1.82. The zero-order chi connectivity index (χ0) is 15.1. The van der Waals surface area contributed by atoms with Crippen LogP contribution >= 0.6 is 11.3 Å². The van der Waals surface area contributed by atoms with Crippen molar-refractivity contribution in [1.29, 1.82) is 0 Å². The number of thiazole rings is 1. The second-order valence-electron chi connectivity index (χ2n) is 4.50. The van der Waals surface area contributed by atoms with Crippen LogP contribution in [-0.2, 0) is 30.2 Å². The summed E-state index contributed by atoms with van der Waals surface area (Å²) in [6.45, 7) is 1.21. The number of hydrogen-bond donors (Lipinski definition) is 1. The lowest BCUT2D eigenvalue weighted by molar-refractivity contribution is -0.142. The predicted octanol–water partition coefficient (Wildman–Crippen LogP) is 0.993. The zero-order valence-electron chi connectivity index (χ0n) is 11.8. The Labute approximate surface area is 126 Å². The van der Waals surface area contributed by atoms with Gasteiger partial charge in [0.05, 0.1) is 32.6 Å². The van der Waals surface area contributed by atoms with E-state index in [-0.39, 0.29) is 18.5 Å². The van der Waals surface area contributed by atoms with Gasteiger partial charge in [0.2, 0.25) is 0 Å². The highest BCUT2D eigenvalue weighted by molar-refractivity contribution is 7.13. The fraction of sp³-hybridized carbons (Fsp3) is 0.615. The molecule has 1 aliphatic heterocycles. The molecule has 1 aliphatic rings. The van der Waals surface area contributed by atoms with Crippen molar-refractivity contribution in [2.45, 2.75) is 25.4 Å². The number of aromatic nitrogens is 1. The van der Waals surface area contributed by atoms with Gasteiger partial charge in [0.1, 0.15) is 0 Å². The minimum Gasteiger partial charge on any atom is -0.469 e. The molecule has 1 amide bonds. The maximum absolute atomic E-state index is 11.9. The van der Waals surface area contributed by atoms with Gasteiger partial charge in [0.25, 0.3) is 5.91 Å². The smallest absolute Gasteiger partial charge is 0.305 e. The van der Waals surface area contributed by atoms with Gasteiger partial charge in [-0.05, 0) is 12.8 Å². The number of nitrogens with zero attached hydrogens (tertiary/aromatic N) is 1. The molecule has 1 saturated heterocycles. The van der Waals surface area contributed by atoms with E-state index >= 15 is 0 Å². The molecule has 0 spiro atoms. The third-order valence-corrected chi connectivity index (χ3v) is 3.74. The Morgan fingerprint density at radius 3 is 3.10 bits per heavy atom. The van der Waals surface area contributed by atoms with Gasteiger partial charge in [-0.15, -0.1) is 11.3 Å². The number of methoxy groups -OCH3 is 1. The quantitative estimate of drug-likeness (QED) is 0.788. The Balaban J connectivity index is 1.76. The molecule has 1 aromatic rings. The van der Waals surface area contributed by atoms with Crippen molar-refractivity contribution in [3.63, 3.8) is 0 Å². The molecule has 7 nitrogen and oxygen atoms in total. The molecule has 1 fully saturated rings. The fourth-order valence-corrected chi connectivity index (χ4v) is 2.57. The number of carbonyl (C=O) groups is 2. The average Bonchev–Trinajstić information content (AvgIpc) is 2.95. The summed E-state index contributed by atoms with van der Waals surface area (Å²) >= 11 is 1.35. The molecule has 0 aromatic carbocycles. The zero-order valence-corrected chi connectivity index (χ0v) is 12.6. The normalized spacial score (nSPS) is 18.2. The Morgan fingerprint density at radius 2 is 2.38 bits per heavy atom. The van der Waals surface area contributed by atoms with E-state index in [1.807, 2.05) is 5.38 Å². The van der Waals surface area contributed by atoms with Gasteiger partial charge in [-0.3, -0.25) is 14.9 Å². The average molecular weight is 314 g/mol. The van der Waals surface area contributed by atoms with E-state index < -0.39 is 6.10 Å². The predicted molar refractivity (Wildman–Crippen MR) is 76.3 cm³/mol. The summed E-state index contributed by atoms with van der Waals surface area (Å²) < 4.78 is 15.1. The number of carbonyl (C=O) groups excluding carboxylic acids is 2. The molecular weight excluding hydrogens is 296 g/mol. The van der Waals surface area contributed by atoms with Crippen molar-refractivity contribution in [3.8, 4) is 0 Å². The summed E-state index contributed by atoms with van der Waals surface area (Å²) in [5.41, 5.74) is 0.847. The number of anilines is 1. The molecule has 0 saturated carbocycles. The minimum absolute atomic E-state index is 0.229. The van der Waals surface area contributed by atoms with Crippen LogP contribution in [0.3, 0.4) is 0 Å². The second-order valence-corrected chi connectivity index (χ2v) is 5.36. The Morgan fingerprint density at radius 1 is 1.52 bits per heavy atom. The maximum atomic E-state index is 11.9. The molecule has 116 valence electrons. The lowest BCUT2D eigenvalue weighted by Gasteiger charge is -2.21. The van der Waals surface area contributed by atoms with E-state index in [2.05, 4.69) is 15.0 Å². The number of rotatable bonds is 6. The first-order valence-corrected chi connectivity index (χ1v) is 7.58. The van der Waals surface area contributed by atoms with Crippen LogP contribution in [0.15, 0.2) is 5.38 Å². The molecule has 1 N–H and O–H groups in total. The summed E-state index contributed by atoms with van der Waals surface area (Å²) in [6, 6.07) is 0. The standard InChI is InChI=1S/C13H18N2O5S/c1-18-11(16)4-2-3-9-8-21-13(14-9)15-12(17)10-7-19-5-6-20-10/h8,10H,2-7H2,1H3,(H,14,15,17). The van der Waals surface area contributed by atoms with E-state index in [0.29, 0.717) is 37.6 Å². The summed E-state index contributed by atoms with van der Waals surface area (Å²) in [6.07, 6.45) is 1.13. The Bertz CT molecular complexity index is 485. The molecule has 0 aliphatic carbocycles. The lowest BCUT2D eigenvalue weighted by Crippen LogP contribution is -2.39. The third-order valence-electron chi connectivity index (χ3n) is 2.93. The SMILES string of the molecule is COC(=O)CCCc1csc(NC(=O)C2COCCO2)n1. The van der Waals surface area contributed by atoms with Gasteiger partial charge in [-0.1, -0.05) is 0 Å². The number of esters is 1. The van der Waals surface area contributed by atoms with Crippen molar-refractivity contribution in [2.75, 3.05) is 32.2 Å². The van der Waals surface area contributed by atoms with Gasteiger partial charge in [-0.25, -0.2) is 4.98 Å². The first-order valence-electron chi connectivity index (χ1n) is 6.70. The number of aryl methyl sites for hydroxylation is 1. The highest BCUT2D eigenvalue weighted by Crippen LogP contribution is 2.18. The molecular formula is C13H18N2O5S. The van der Waals surface area contributed by atoms with Gasteiger partial charge in [0, 0.05) is 11.8 Å². The molecule has 0 bridgehead atoms. The molecule has 2 rings (SSSR count).